The van der Waals surface area contributed by atoms with Crippen LogP contribution < -0.4 is 5.32 Å². The number of carbonyl (C=O) groups excluding carboxylic acids is 1. The van der Waals surface area contributed by atoms with Crippen LogP contribution >= 0.6 is 11.6 Å². The number of alkyl carbamates (subject to hydrolysis) is 1. The molecule has 65 heavy (non-hydrogen) atoms. The van der Waals surface area contributed by atoms with E-state index in [1.807, 2.05) is 41.5 Å². The molecule has 2 N–H and O–H groups in total. The van der Waals surface area contributed by atoms with Gasteiger partial charge in [-0.25, -0.2) is 49.6 Å². The van der Waals surface area contributed by atoms with Gasteiger partial charge in [-0.05, 0) is 78.9 Å². The zero-order valence-corrected chi connectivity index (χ0v) is 39.4. The Bertz CT molecular complexity index is 2920. The van der Waals surface area contributed by atoms with Crippen LogP contribution in [0.3, 0.4) is 0 Å². The van der Waals surface area contributed by atoms with E-state index in [2.05, 4.69) is 25.5 Å². The highest BCUT2D eigenvalue weighted by Gasteiger charge is 2.36. The number of aryl methyl sites for hydroxylation is 2. The van der Waals surface area contributed by atoms with Crippen LogP contribution in [-0.2, 0) is 31.0 Å². The molecule has 0 saturated heterocycles. The van der Waals surface area contributed by atoms with E-state index in [1.165, 1.54) is 97.1 Å². The van der Waals surface area contributed by atoms with Gasteiger partial charge in [0.25, 0.3) is 0 Å². The first-order valence-corrected chi connectivity index (χ1v) is 23.2. The standard InChI is InChI=1S/C22H24ClFN4O4S.C22H25FN4O4S/c1-13-6-7-14(24)10-17(13)28-19(33(30,31)15-8-9-18(23)26-12-15)11-16(27-28)20(22(2,3)4)32-21(29)25-5;1-15-7-8-16(23)10-19(15)27-20(32(30,31)18-6-5-9-24-12-18)11-17(25-27)13-26(21(28)29)14-22(2,3)4/h6-12,20H,1-5H3,(H,25,29);5-12H,13-14H2,1-4H3,(H,28,29). The molecule has 6 aromatic rings. The second-order valence-electron chi connectivity index (χ2n) is 17.2. The van der Waals surface area contributed by atoms with E-state index >= 15 is 0 Å². The molecule has 0 aliphatic carbocycles. The molecule has 0 aliphatic rings. The summed E-state index contributed by atoms with van der Waals surface area (Å²) in [5, 5.41) is 20.6. The molecule has 6 rings (SSSR count). The number of aromatic nitrogens is 6. The number of rotatable bonds is 11. The third-order valence-electron chi connectivity index (χ3n) is 9.50. The highest BCUT2D eigenvalue weighted by atomic mass is 35.5. The summed E-state index contributed by atoms with van der Waals surface area (Å²) in [4.78, 5) is 32.5. The minimum Gasteiger partial charge on any atom is -0.465 e. The summed E-state index contributed by atoms with van der Waals surface area (Å²) in [6.45, 7) is 14.7. The molecule has 21 heteroatoms. The number of nitrogens with one attached hydrogen (secondary N) is 1. The third kappa shape index (κ3) is 11.9. The van der Waals surface area contributed by atoms with Gasteiger partial charge in [-0.2, -0.15) is 10.2 Å². The van der Waals surface area contributed by atoms with Gasteiger partial charge < -0.3 is 20.1 Å². The summed E-state index contributed by atoms with van der Waals surface area (Å²) in [6.07, 6.45) is 1.06. The van der Waals surface area contributed by atoms with Gasteiger partial charge in [0.2, 0.25) is 19.7 Å². The molecule has 1 atom stereocenters. The van der Waals surface area contributed by atoms with Gasteiger partial charge in [-0.3, -0.25) is 4.98 Å². The van der Waals surface area contributed by atoms with Crippen LogP contribution in [0.1, 0.15) is 70.2 Å². The van der Waals surface area contributed by atoms with Crippen LogP contribution in [-0.4, -0.2) is 82.1 Å². The summed E-state index contributed by atoms with van der Waals surface area (Å²) < 4.78 is 89.7. The van der Waals surface area contributed by atoms with Crippen molar-refractivity contribution in [1.29, 1.82) is 0 Å². The molecule has 0 aliphatic heterocycles. The lowest BCUT2D eigenvalue weighted by Gasteiger charge is -2.28. The number of carboxylic acid groups (broad SMARTS) is 1. The second-order valence-corrected chi connectivity index (χ2v) is 21.4. The molecule has 0 saturated carbocycles. The van der Waals surface area contributed by atoms with Crippen molar-refractivity contribution in [2.75, 3.05) is 13.6 Å². The molecule has 16 nitrogen and oxygen atoms in total. The minimum absolute atomic E-state index is 0.0495. The Hall–Kier alpha value is -6.25. The monoisotopic (exact) mass is 954 g/mol. The Morgan fingerprint density at radius 1 is 0.815 bits per heavy atom. The highest BCUT2D eigenvalue weighted by molar-refractivity contribution is 7.91. The Morgan fingerprint density at radius 3 is 1.85 bits per heavy atom. The predicted molar refractivity (Wildman–Crippen MR) is 237 cm³/mol. The number of sulfone groups is 2. The summed E-state index contributed by atoms with van der Waals surface area (Å²) in [7, 11) is -6.81. The molecule has 346 valence electrons. The molecule has 1 unspecified atom stereocenters. The summed E-state index contributed by atoms with van der Waals surface area (Å²) >= 11 is 5.81. The Morgan fingerprint density at radius 2 is 1.37 bits per heavy atom. The molecule has 0 bridgehead atoms. The van der Waals surface area contributed by atoms with Crippen molar-refractivity contribution < 1.29 is 45.0 Å². The molecule has 0 fully saturated rings. The lowest BCUT2D eigenvalue weighted by Crippen LogP contribution is -2.36. The second kappa shape index (κ2) is 19.5. The summed E-state index contributed by atoms with van der Waals surface area (Å²) in [5.41, 5.74) is 1.14. The molecule has 0 radical (unpaired) electrons. The normalized spacial score (nSPS) is 12.5. The third-order valence-corrected chi connectivity index (χ3v) is 13.1. The summed E-state index contributed by atoms with van der Waals surface area (Å²) in [5.74, 6) is -1.11. The van der Waals surface area contributed by atoms with Crippen molar-refractivity contribution in [3.8, 4) is 11.4 Å². The van der Waals surface area contributed by atoms with Crippen molar-refractivity contribution in [3.05, 3.63) is 131 Å². The van der Waals surface area contributed by atoms with Crippen molar-refractivity contribution in [2.45, 2.75) is 87.9 Å². The predicted octanol–water partition coefficient (Wildman–Crippen LogP) is 8.72. The first-order valence-electron chi connectivity index (χ1n) is 19.8. The van der Waals surface area contributed by atoms with Crippen LogP contribution in [0, 0.1) is 36.3 Å². The topological polar surface area (TPSA) is 209 Å². The van der Waals surface area contributed by atoms with E-state index in [9.17, 15) is 40.3 Å². The van der Waals surface area contributed by atoms with E-state index in [0.29, 0.717) is 11.1 Å². The van der Waals surface area contributed by atoms with Crippen LogP contribution in [0.5, 0.6) is 0 Å². The number of halogens is 3. The fourth-order valence-corrected chi connectivity index (χ4v) is 9.21. The average Bonchev–Trinajstić information content (AvgIpc) is 3.87. The maximum Gasteiger partial charge on any atom is 0.407 e. The average molecular weight is 956 g/mol. The molecule has 4 heterocycles. The fraction of sp³-hybridized carbons (Fsp3) is 0.318. The van der Waals surface area contributed by atoms with Gasteiger partial charge >= 0.3 is 12.2 Å². The van der Waals surface area contributed by atoms with Crippen LogP contribution in [0.15, 0.2) is 111 Å². The largest absolute Gasteiger partial charge is 0.465 e. The fourth-order valence-electron chi connectivity index (χ4n) is 6.42. The minimum atomic E-state index is -4.16. The van der Waals surface area contributed by atoms with Gasteiger partial charge in [0.1, 0.15) is 22.5 Å². The number of amides is 2. The van der Waals surface area contributed by atoms with E-state index in [0.717, 1.165) is 15.6 Å². The summed E-state index contributed by atoms with van der Waals surface area (Å²) in [6, 6.07) is 16.2. The Kier molecular flexibility index (Phi) is 14.9. The van der Waals surface area contributed by atoms with Gasteiger partial charge in [0.05, 0.1) is 33.4 Å². The van der Waals surface area contributed by atoms with Gasteiger partial charge in [0.15, 0.2) is 16.2 Å². The van der Waals surface area contributed by atoms with Gasteiger partial charge in [0, 0.05) is 49.7 Å². The zero-order chi connectivity index (χ0) is 48.2. The maximum atomic E-state index is 14.1. The number of carbonyl (C=O) groups is 2. The number of pyridine rings is 2. The molecule has 2 amide bonds. The first-order chi connectivity index (χ1) is 30.2. The molecular weight excluding hydrogens is 906 g/mol. The number of hydrogen-bond donors (Lipinski definition) is 2. The van der Waals surface area contributed by atoms with E-state index in [4.69, 9.17) is 16.3 Å². The Balaban J connectivity index is 0.000000244. The zero-order valence-electron chi connectivity index (χ0n) is 37.0. The van der Waals surface area contributed by atoms with Crippen LogP contribution in [0.25, 0.3) is 11.4 Å². The van der Waals surface area contributed by atoms with Gasteiger partial charge in [-0.15, -0.1) is 0 Å². The molecule has 2 aromatic carbocycles. The van der Waals surface area contributed by atoms with Crippen LogP contribution in [0.4, 0.5) is 18.4 Å². The highest BCUT2D eigenvalue weighted by Crippen LogP contribution is 2.38. The van der Waals surface area contributed by atoms with Crippen molar-refractivity contribution in [3.63, 3.8) is 0 Å². The van der Waals surface area contributed by atoms with E-state index in [-0.39, 0.29) is 66.3 Å². The SMILES string of the molecule is CNC(=O)OC(c1cc(S(=O)(=O)c2ccc(Cl)nc2)n(-c2cc(F)ccc2C)n1)C(C)(C)C.Cc1ccc(F)cc1-n1nc(CN(CC(C)(C)C)C(=O)O)cc1S(=O)(=O)c1cccnc1. The quantitative estimate of drug-likeness (QED) is 0.117. The first kappa shape index (κ1) is 49.8. The van der Waals surface area contributed by atoms with Gasteiger partial charge in [-0.1, -0.05) is 65.3 Å². The number of hydrogen-bond acceptors (Lipinski definition) is 11. The van der Waals surface area contributed by atoms with Crippen molar-refractivity contribution in [2.24, 2.45) is 10.8 Å². The van der Waals surface area contributed by atoms with Crippen molar-refractivity contribution in [1.82, 2.24) is 39.7 Å². The number of nitrogens with zero attached hydrogens (tertiary/aromatic N) is 7. The smallest absolute Gasteiger partial charge is 0.407 e. The lowest BCUT2D eigenvalue weighted by atomic mass is 9.87. The lowest BCUT2D eigenvalue weighted by molar-refractivity contribution is 0.0284. The molecule has 0 spiro atoms. The van der Waals surface area contributed by atoms with E-state index in [1.54, 1.807) is 13.8 Å². The number of ether oxygens (including phenoxy) is 1. The van der Waals surface area contributed by atoms with E-state index < -0.39 is 55.0 Å². The maximum absolute atomic E-state index is 14.1. The van der Waals surface area contributed by atoms with Crippen LogP contribution in [0.2, 0.25) is 5.15 Å². The Labute approximate surface area is 381 Å². The molecular formula is C44H49ClF2N8O8S2. The number of benzene rings is 2. The molecule has 4 aromatic heterocycles. The van der Waals surface area contributed by atoms with Crippen molar-refractivity contribution >= 4 is 43.5 Å².